The monoisotopic (exact) mass is 509 g/mol. The number of hydrogen-bond donors (Lipinski definition) is 4. The van der Waals surface area contributed by atoms with Crippen molar-refractivity contribution < 1.29 is 32.7 Å². The van der Waals surface area contributed by atoms with Crippen LogP contribution in [0.3, 0.4) is 0 Å². The molecule has 0 aliphatic rings. The number of nitrogens with zero attached hydrogens (tertiary/aromatic N) is 2. The molecule has 0 radical (unpaired) electrons. The molecule has 0 fully saturated rings. The summed E-state index contributed by atoms with van der Waals surface area (Å²) < 4.78 is 32.7. The van der Waals surface area contributed by atoms with Crippen molar-refractivity contribution >= 4 is 45.2 Å². The highest BCUT2D eigenvalue weighted by atomic mass is 32.1. The lowest BCUT2D eigenvalue weighted by Gasteiger charge is -2.16. The lowest BCUT2D eigenvalue weighted by atomic mass is 10.1. The molecular weight excluding hydrogens is 487 g/mol. The minimum atomic E-state index is -5.08. The Kier molecular flexibility index (Phi) is 9.70. The average Bonchev–Trinajstić information content (AvgIpc) is 3.25. The third-order valence-electron chi connectivity index (χ3n) is 4.35. The van der Waals surface area contributed by atoms with E-state index in [1.54, 1.807) is 24.3 Å². The van der Waals surface area contributed by atoms with E-state index in [1.165, 1.54) is 11.3 Å². The number of aliphatic carboxylic acids is 1. The number of carbonyl (C=O) groups is 3. The van der Waals surface area contributed by atoms with Crippen LogP contribution in [0.15, 0.2) is 59.6 Å². The van der Waals surface area contributed by atoms with Gasteiger partial charge in [-0.3, -0.25) is 14.6 Å². The predicted molar refractivity (Wildman–Crippen MR) is 125 cm³/mol. The summed E-state index contributed by atoms with van der Waals surface area (Å²) in [6, 6.07) is 15.6. The number of amides is 1. The van der Waals surface area contributed by atoms with Gasteiger partial charge in [0.25, 0.3) is 5.91 Å². The molecule has 3 rings (SSSR count). The standard InChI is InChI=1S/C20H21N5O2S.C2HF3O2/c21-20(22)23-12-6-10-15(24-18(27)13-7-2-1-3-8-13)17(26)19-25-14-9-4-5-11-16(14)28-19;3-2(4,5)1(6)7/h1-5,7-9,11,15H,6,10,12H2,(H,24,27)(H4,21,22,23);(H,6,7)/t15-;/m0./s1. The maximum Gasteiger partial charge on any atom is 0.490 e. The number of aromatic nitrogens is 1. The van der Waals surface area contributed by atoms with E-state index in [4.69, 9.17) is 21.4 Å². The van der Waals surface area contributed by atoms with Crippen molar-refractivity contribution in [3.05, 3.63) is 65.2 Å². The van der Waals surface area contributed by atoms with E-state index in [0.717, 1.165) is 10.2 Å². The van der Waals surface area contributed by atoms with Crippen molar-refractivity contribution in [3.8, 4) is 0 Å². The maximum atomic E-state index is 13.1. The summed E-state index contributed by atoms with van der Waals surface area (Å²) in [5.41, 5.74) is 11.9. The molecule has 0 saturated carbocycles. The second-order valence-electron chi connectivity index (χ2n) is 6.99. The molecule has 6 N–H and O–H groups in total. The summed E-state index contributed by atoms with van der Waals surface area (Å²) in [5.74, 6) is -3.27. The Bertz CT molecular complexity index is 1160. The maximum absolute atomic E-state index is 13.1. The number of alkyl halides is 3. The Morgan fingerprint density at radius 3 is 2.23 bits per heavy atom. The van der Waals surface area contributed by atoms with E-state index in [9.17, 15) is 22.8 Å². The van der Waals surface area contributed by atoms with Gasteiger partial charge in [-0.2, -0.15) is 13.2 Å². The molecule has 9 nitrogen and oxygen atoms in total. The number of carbonyl (C=O) groups excluding carboxylic acids is 2. The fraction of sp³-hybridized carbons (Fsp3) is 0.227. The molecule has 3 aromatic rings. The average molecular weight is 510 g/mol. The molecule has 1 amide bonds. The molecule has 186 valence electrons. The van der Waals surface area contributed by atoms with Gasteiger partial charge in [-0.05, 0) is 37.1 Å². The first-order chi connectivity index (χ1) is 16.5. The molecule has 0 saturated heterocycles. The molecular formula is C22H22F3N5O4S. The Hall–Kier alpha value is -4.00. The number of carboxylic acid groups (broad SMARTS) is 1. The minimum absolute atomic E-state index is 0.00220. The predicted octanol–water partition coefficient (Wildman–Crippen LogP) is 2.96. The smallest absolute Gasteiger partial charge is 0.475 e. The summed E-state index contributed by atoms with van der Waals surface area (Å²) in [4.78, 5) is 42.9. The lowest BCUT2D eigenvalue weighted by Crippen LogP contribution is -2.41. The molecule has 0 unspecified atom stereocenters. The molecule has 1 atom stereocenters. The van der Waals surface area contributed by atoms with Crippen molar-refractivity contribution in [1.82, 2.24) is 10.3 Å². The normalized spacial score (nSPS) is 11.6. The number of thiazole rings is 1. The zero-order valence-electron chi connectivity index (χ0n) is 18.2. The molecule has 1 aromatic heterocycles. The topological polar surface area (TPSA) is 161 Å². The fourth-order valence-electron chi connectivity index (χ4n) is 2.73. The minimum Gasteiger partial charge on any atom is -0.475 e. The van der Waals surface area contributed by atoms with Crippen molar-refractivity contribution in [2.24, 2.45) is 16.5 Å². The number of guanidine groups is 1. The van der Waals surface area contributed by atoms with E-state index in [0.29, 0.717) is 30.0 Å². The molecule has 1 heterocycles. The Balaban J connectivity index is 0.000000540. The van der Waals surface area contributed by atoms with Crippen LogP contribution in [0.4, 0.5) is 13.2 Å². The lowest BCUT2D eigenvalue weighted by molar-refractivity contribution is -0.192. The van der Waals surface area contributed by atoms with Gasteiger partial charge in [0.2, 0.25) is 5.78 Å². The number of nitrogens with one attached hydrogen (secondary N) is 1. The number of ketones is 1. The van der Waals surface area contributed by atoms with Gasteiger partial charge in [0.1, 0.15) is 0 Å². The molecule has 0 bridgehead atoms. The fourth-order valence-corrected chi connectivity index (χ4v) is 3.69. The second-order valence-corrected chi connectivity index (χ2v) is 8.03. The van der Waals surface area contributed by atoms with E-state index in [1.807, 2.05) is 30.3 Å². The van der Waals surface area contributed by atoms with Crippen molar-refractivity contribution in [2.45, 2.75) is 25.1 Å². The van der Waals surface area contributed by atoms with Gasteiger partial charge in [0.05, 0.1) is 16.3 Å². The number of carboxylic acids is 1. The van der Waals surface area contributed by atoms with Crippen LogP contribution >= 0.6 is 11.3 Å². The summed E-state index contributed by atoms with van der Waals surface area (Å²) in [6.07, 6.45) is -4.13. The number of fused-ring (bicyclic) bond motifs is 1. The highest BCUT2D eigenvalue weighted by Crippen LogP contribution is 2.23. The first kappa shape index (κ1) is 27.2. The van der Waals surface area contributed by atoms with Crippen LogP contribution in [0.25, 0.3) is 10.2 Å². The van der Waals surface area contributed by atoms with Crippen LogP contribution < -0.4 is 16.8 Å². The van der Waals surface area contributed by atoms with Crippen LogP contribution in [-0.2, 0) is 4.79 Å². The van der Waals surface area contributed by atoms with Crippen LogP contribution in [0, 0.1) is 0 Å². The van der Waals surface area contributed by atoms with Crippen LogP contribution in [0.1, 0.15) is 33.0 Å². The van der Waals surface area contributed by atoms with E-state index >= 15 is 0 Å². The first-order valence-corrected chi connectivity index (χ1v) is 10.9. The van der Waals surface area contributed by atoms with E-state index in [-0.39, 0.29) is 17.6 Å². The third kappa shape index (κ3) is 8.70. The van der Waals surface area contributed by atoms with Gasteiger partial charge in [0.15, 0.2) is 11.0 Å². The molecule has 35 heavy (non-hydrogen) atoms. The SMILES string of the molecule is NC(N)=NCCC[C@H](NC(=O)c1ccccc1)C(=O)c1nc2ccccc2s1.O=C(O)C(F)(F)F. The number of aliphatic imine (C=N–C) groups is 1. The van der Waals surface area contributed by atoms with Gasteiger partial charge in [-0.1, -0.05) is 30.3 Å². The first-order valence-electron chi connectivity index (χ1n) is 10.1. The number of nitrogens with two attached hydrogens (primary N) is 2. The van der Waals surface area contributed by atoms with Crippen LogP contribution in [0.2, 0.25) is 0 Å². The molecule has 2 aromatic carbocycles. The quantitative estimate of drug-likeness (QED) is 0.157. The zero-order valence-corrected chi connectivity index (χ0v) is 19.0. The summed E-state index contributed by atoms with van der Waals surface area (Å²) in [7, 11) is 0. The van der Waals surface area contributed by atoms with Gasteiger partial charge < -0.3 is 21.9 Å². The van der Waals surface area contributed by atoms with E-state index < -0.39 is 18.2 Å². The van der Waals surface area contributed by atoms with E-state index in [2.05, 4.69) is 15.3 Å². The number of rotatable bonds is 8. The molecule has 0 aliphatic carbocycles. The Morgan fingerprint density at radius 2 is 1.66 bits per heavy atom. The number of halogens is 3. The number of para-hydroxylation sites is 1. The van der Waals surface area contributed by atoms with Crippen molar-refractivity contribution in [2.75, 3.05) is 6.54 Å². The number of hydrogen-bond acceptors (Lipinski definition) is 6. The Labute approximate surface area is 201 Å². The third-order valence-corrected chi connectivity index (χ3v) is 5.40. The Morgan fingerprint density at radius 1 is 1.06 bits per heavy atom. The molecule has 0 aliphatic heterocycles. The van der Waals surface area contributed by atoms with Gasteiger partial charge in [-0.25, -0.2) is 9.78 Å². The highest BCUT2D eigenvalue weighted by Gasteiger charge is 2.38. The number of benzene rings is 2. The van der Waals surface area contributed by atoms with Gasteiger partial charge in [0, 0.05) is 12.1 Å². The summed E-state index contributed by atoms with van der Waals surface area (Å²) in [5, 5.41) is 10.3. The highest BCUT2D eigenvalue weighted by molar-refractivity contribution is 7.20. The van der Waals surface area contributed by atoms with Crippen LogP contribution in [0.5, 0.6) is 0 Å². The van der Waals surface area contributed by atoms with Gasteiger partial charge in [-0.15, -0.1) is 11.3 Å². The van der Waals surface area contributed by atoms with Crippen molar-refractivity contribution in [1.29, 1.82) is 0 Å². The summed E-state index contributed by atoms with van der Waals surface area (Å²) >= 11 is 1.32. The second kappa shape index (κ2) is 12.5. The van der Waals surface area contributed by atoms with Crippen molar-refractivity contribution in [3.63, 3.8) is 0 Å². The summed E-state index contributed by atoms with van der Waals surface area (Å²) in [6.45, 7) is 0.382. The number of Topliss-reactive ketones (excluding diaryl/α,β-unsaturated/α-hetero) is 1. The molecule has 0 spiro atoms. The zero-order chi connectivity index (χ0) is 26.0. The van der Waals surface area contributed by atoms with Crippen LogP contribution in [-0.4, -0.2) is 52.5 Å². The van der Waals surface area contributed by atoms with Gasteiger partial charge >= 0.3 is 12.1 Å². The molecule has 13 heteroatoms. The largest absolute Gasteiger partial charge is 0.490 e.